The largest absolute Gasteiger partial charge is 0.398 e. The van der Waals surface area contributed by atoms with Crippen molar-refractivity contribution in [1.82, 2.24) is 5.16 Å². The third-order valence-corrected chi connectivity index (χ3v) is 4.68. The number of fused-ring (bicyclic) bond motifs is 2. The highest BCUT2D eigenvalue weighted by atomic mass is 16.5. The van der Waals surface area contributed by atoms with Crippen molar-refractivity contribution in [2.75, 3.05) is 17.2 Å². The zero-order chi connectivity index (χ0) is 15.1. The number of carbonyl (C=O) groups excluding carboxylic acids is 1. The van der Waals surface area contributed by atoms with Gasteiger partial charge in [-0.1, -0.05) is 11.2 Å². The van der Waals surface area contributed by atoms with Crippen LogP contribution in [0.2, 0.25) is 0 Å². The fourth-order valence-corrected chi connectivity index (χ4v) is 3.54. The van der Waals surface area contributed by atoms with Crippen LogP contribution in [0.5, 0.6) is 0 Å². The average molecular weight is 297 g/mol. The molecule has 0 fully saturated rings. The van der Waals surface area contributed by atoms with Gasteiger partial charge in [0, 0.05) is 29.9 Å². The van der Waals surface area contributed by atoms with Gasteiger partial charge in [0.25, 0.3) is 5.91 Å². The van der Waals surface area contributed by atoms with Gasteiger partial charge in [-0.05, 0) is 49.8 Å². The molecule has 0 bridgehead atoms. The molecule has 0 saturated carbocycles. The third-order valence-electron chi connectivity index (χ3n) is 4.68. The number of amides is 1. The van der Waals surface area contributed by atoms with E-state index in [0.29, 0.717) is 12.2 Å². The van der Waals surface area contributed by atoms with Crippen LogP contribution in [0.3, 0.4) is 0 Å². The highest BCUT2D eigenvalue weighted by Gasteiger charge is 2.30. The van der Waals surface area contributed by atoms with Crippen LogP contribution < -0.4 is 10.6 Å². The molecule has 1 aromatic heterocycles. The molecule has 2 heterocycles. The summed E-state index contributed by atoms with van der Waals surface area (Å²) >= 11 is 0. The lowest BCUT2D eigenvalue weighted by Crippen LogP contribution is -2.36. The molecule has 22 heavy (non-hydrogen) atoms. The summed E-state index contributed by atoms with van der Waals surface area (Å²) in [4.78, 5) is 14.8. The van der Waals surface area contributed by atoms with Crippen molar-refractivity contribution in [2.45, 2.75) is 38.5 Å². The molecular formula is C17H19N3O2. The predicted molar refractivity (Wildman–Crippen MR) is 84.0 cm³/mol. The van der Waals surface area contributed by atoms with E-state index in [1.807, 2.05) is 23.1 Å². The monoisotopic (exact) mass is 297 g/mol. The number of rotatable bonds is 1. The molecule has 1 aliphatic heterocycles. The van der Waals surface area contributed by atoms with Crippen molar-refractivity contribution in [1.29, 1.82) is 0 Å². The number of anilines is 2. The lowest BCUT2D eigenvalue weighted by atomic mass is 9.95. The fourth-order valence-electron chi connectivity index (χ4n) is 3.54. The second kappa shape index (κ2) is 5.16. The van der Waals surface area contributed by atoms with E-state index >= 15 is 0 Å². The summed E-state index contributed by atoms with van der Waals surface area (Å²) in [6.07, 6.45) is 5.82. The van der Waals surface area contributed by atoms with E-state index in [-0.39, 0.29) is 5.91 Å². The molecule has 5 nitrogen and oxygen atoms in total. The third kappa shape index (κ3) is 2.00. The van der Waals surface area contributed by atoms with Crippen LogP contribution in [-0.4, -0.2) is 17.6 Å². The molecule has 1 aliphatic carbocycles. The van der Waals surface area contributed by atoms with Gasteiger partial charge in [-0.25, -0.2) is 0 Å². The highest BCUT2D eigenvalue weighted by molar-refractivity contribution is 6.06. The SMILES string of the molecule is Nc1cccc2c1CCCN2C(=O)c1noc2c1CCCC2. The molecule has 0 unspecified atom stereocenters. The number of nitrogens with zero attached hydrogens (tertiary/aromatic N) is 2. The Bertz CT molecular complexity index is 736. The summed E-state index contributed by atoms with van der Waals surface area (Å²) in [6.45, 7) is 0.705. The first kappa shape index (κ1) is 13.4. The van der Waals surface area contributed by atoms with Crippen LogP contribution in [0.1, 0.15) is 46.6 Å². The molecule has 2 aromatic rings. The van der Waals surface area contributed by atoms with Gasteiger partial charge in [0.2, 0.25) is 0 Å². The number of nitrogens with two attached hydrogens (primary N) is 1. The first-order valence-corrected chi connectivity index (χ1v) is 7.92. The number of nitrogen functional groups attached to an aromatic ring is 1. The average Bonchev–Trinajstić information content (AvgIpc) is 2.98. The van der Waals surface area contributed by atoms with E-state index in [1.165, 1.54) is 0 Å². The summed E-state index contributed by atoms with van der Waals surface area (Å²) < 4.78 is 5.39. The molecule has 2 N–H and O–H groups in total. The van der Waals surface area contributed by atoms with E-state index in [4.69, 9.17) is 10.3 Å². The molecule has 2 aliphatic rings. The van der Waals surface area contributed by atoms with Crippen molar-refractivity contribution < 1.29 is 9.32 Å². The first-order valence-electron chi connectivity index (χ1n) is 7.92. The normalized spacial score (nSPS) is 17.0. The van der Waals surface area contributed by atoms with E-state index in [9.17, 15) is 4.79 Å². The van der Waals surface area contributed by atoms with Gasteiger partial charge in [0.1, 0.15) is 5.76 Å². The van der Waals surface area contributed by atoms with Crippen molar-refractivity contribution in [3.63, 3.8) is 0 Å². The van der Waals surface area contributed by atoms with Crippen LogP contribution in [0.4, 0.5) is 11.4 Å². The van der Waals surface area contributed by atoms with Gasteiger partial charge in [0.05, 0.1) is 0 Å². The topological polar surface area (TPSA) is 72.4 Å². The first-order chi connectivity index (χ1) is 10.8. The van der Waals surface area contributed by atoms with E-state index < -0.39 is 0 Å². The van der Waals surface area contributed by atoms with Crippen LogP contribution in [0.25, 0.3) is 0 Å². The Morgan fingerprint density at radius 2 is 1.95 bits per heavy atom. The second-order valence-electron chi connectivity index (χ2n) is 6.05. The summed E-state index contributed by atoms with van der Waals surface area (Å²) in [5.41, 5.74) is 10.3. The maximum Gasteiger partial charge on any atom is 0.280 e. The van der Waals surface area contributed by atoms with Gasteiger partial charge < -0.3 is 15.2 Å². The van der Waals surface area contributed by atoms with Crippen molar-refractivity contribution in [2.24, 2.45) is 0 Å². The maximum absolute atomic E-state index is 13.0. The summed E-state index contributed by atoms with van der Waals surface area (Å²) in [7, 11) is 0. The minimum absolute atomic E-state index is 0.0570. The molecule has 0 spiro atoms. The molecule has 4 rings (SSSR count). The maximum atomic E-state index is 13.0. The Morgan fingerprint density at radius 1 is 1.14 bits per heavy atom. The predicted octanol–water partition coefficient (Wildman–Crippen LogP) is 2.73. The van der Waals surface area contributed by atoms with Crippen LogP contribution in [-0.2, 0) is 19.3 Å². The van der Waals surface area contributed by atoms with E-state index in [0.717, 1.165) is 66.8 Å². The fraction of sp³-hybridized carbons (Fsp3) is 0.412. The Hall–Kier alpha value is -2.30. The number of aryl methyl sites for hydroxylation is 1. The number of carbonyl (C=O) groups is 1. The molecule has 5 heteroatoms. The zero-order valence-corrected chi connectivity index (χ0v) is 12.5. The van der Waals surface area contributed by atoms with Gasteiger partial charge in [-0.15, -0.1) is 0 Å². The lowest BCUT2D eigenvalue weighted by Gasteiger charge is -2.30. The smallest absolute Gasteiger partial charge is 0.280 e. The van der Waals surface area contributed by atoms with E-state index in [1.54, 1.807) is 0 Å². The van der Waals surface area contributed by atoms with Gasteiger partial charge in [-0.2, -0.15) is 0 Å². The Morgan fingerprint density at radius 3 is 2.86 bits per heavy atom. The minimum atomic E-state index is -0.0570. The summed E-state index contributed by atoms with van der Waals surface area (Å²) in [5, 5.41) is 4.07. The lowest BCUT2D eigenvalue weighted by molar-refractivity contribution is 0.0975. The van der Waals surface area contributed by atoms with Gasteiger partial charge >= 0.3 is 0 Å². The van der Waals surface area contributed by atoms with Crippen LogP contribution in [0, 0.1) is 0 Å². The van der Waals surface area contributed by atoms with E-state index in [2.05, 4.69) is 5.16 Å². The molecule has 1 aromatic carbocycles. The van der Waals surface area contributed by atoms with Crippen molar-refractivity contribution >= 4 is 17.3 Å². The zero-order valence-electron chi connectivity index (χ0n) is 12.5. The molecule has 114 valence electrons. The quantitative estimate of drug-likeness (QED) is 0.821. The van der Waals surface area contributed by atoms with Crippen molar-refractivity contribution in [3.8, 4) is 0 Å². The minimum Gasteiger partial charge on any atom is -0.398 e. The van der Waals surface area contributed by atoms with Crippen LogP contribution >= 0.6 is 0 Å². The molecule has 0 atom stereocenters. The van der Waals surface area contributed by atoms with Crippen molar-refractivity contribution in [3.05, 3.63) is 40.8 Å². The molecular weight excluding hydrogens is 278 g/mol. The summed E-state index contributed by atoms with van der Waals surface area (Å²) in [6, 6.07) is 5.76. The van der Waals surface area contributed by atoms with Gasteiger partial charge in [-0.3, -0.25) is 4.79 Å². The molecule has 0 radical (unpaired) electrons. The number of hydrogen-bond acceptors (Lipinski definition) is 4. The Labute approximate surface area is 129 Å². The number of hydrogen-bond donors (Lipinski definition) is 1. The van der Waals surface area contributed by atoms with Crippen LogP contribution in [0.15, 0.2) is 22.7 Å². The molecule has 1 amide bonds. The Balaban J connectivity index is 1.73. The number of aromatic nitrogens is 1. The molecule has 0 saturated heterocycles. The summed E-state index contributed by atoms with van der Waals surface area (Å²) in [5.74, 6) is 0.831. The second-order valence-corrected chi connectivity index (χ2v) is 6.05. The number of benzene rings is 1. The highest BCUT2D eigenvalue weighted by Crippen LogP contribution is 2.33. The Kier molecular flexibility index (Phi) is 3.13. The standard InChI is InChI=1S/C17H19N3O2/c18-13-7-3-8-14-11(13)6-4-10-20(14)17(21)16-12-5-1-2-9-15(12)22-19-16/h3,7-8H,1-2,4-6,9-10,18H2. The van der Waals surface area contributed by atoms with Gasteiger partial charge in [0.15, 0.2) is 5.69 Å².